The number of aryl methyl sites for hydroxylation is 2. The number of hydrogen-bond acceptors (Lipinski definition) is 4. The van der Waals surface area contributed by atoms with E-state index in [4.69, 9.17) is 30.5 Å². The molecule has 5 nitrogen and oxygen atoms in total. The van der Waals surface area contributed by atoms with Crippen molar-refractivity contribution in [2.75, 3.05) is 21.3 Å². The summed E-state index contributed by atoms with van der Waals surface area (Å²) in [5.74, 6) is 2.93. The molecule has 1 aliphatic rings. The molecule has 2 heterocycles. The topological polar surface area (TPSA) is 40.8 Å². The van der Waals surface area contributed by atoms with Crippen LogP contribution >= 0.6 is 11.6 Å². The maximum atomic E-state index is 6.28. The van der Waals surface area contributed by atoms with Crippen LogP contribution in [-0.4, -0.2) is 21.3 Å². The zero-order chi connectivity index (χ0) is 22.9. The first kappa shape index (κ1) is 21.4. The molecule has 1 aromatic heterocycles. The van der Waals surface area contributed by atoms with E-state index >= 15 is 0 Å². The number of hydrogen-bond donors (Lipinski definition) is 0. The molecule has 0 saturated carbocycles. The first-order chi connectivity index (χ1) is 16.1. The van der Waals surface area contributed by atoms with E-state index in [1.807, 2.05) is 30.3 Å². The van der Waals surface area contributed by atoms with Gasteiger partial charge in [0.1, 0.15) is 6.61 Å². The molecule has 168 valence electrons. The number of pyridine rings is 1. The minimum Gasteiger partial charge on any atom is -0.493 e. The van der Waals surface area contributed by atoms with Crippen molar-refractivity contribution in [3.8, 4) is 34.3 Å². The predicted octanol–water partition coefficient (Wildman–Crippen LogP) is 5.61. The molecule has 0 N–H and O–H groups in total. The third-order valence-corrected chi connectivity index (χ3v) is 6.36. The van der Waals surface area contributed by atoms with Gasteiger partial charge in [0, 0.05) is 17.5 Å². The zero-order valence-corrected chi connectivity index (χ0v) is 19.6. The first-order valence-corrected chi connectivity index (χ1v) is 11.2. The second-order valence-electron chi connectivity index (χ2n) is 7.98. The lowest BCUT2D eigenvalue weighted by atomic mass is 9.95. The van der Waals surface area contributed by atoms with Gasteiger partial charge in [0.25, 0.3) is 0 Å². The summed E-state index contributed by atoms with van der Waals surface area (Å²) >= 11 is 6.02. The van der Waals surface area contributed by atoms with E-state index in [-0.39, 0.29) is 0 Å². The number of aromatic nitrogens is 1. The van der Waals surface area contributed by atoms with Gasteiger partial charge in [-0.15, -0.1) is 0 Å². The van der Waals surface area contributed by atoms with E-state index in [9.17, 15) is 0 Å². The molecular formula is C27H25ClNO4+. The summed E-state index contributed by atoms with van der Waals surface area (Å²) in [4.78, 5) is 0. The third kappa shape index (κ3) is 3.93. The normalized spacial score (nSPS) is 12.1. The van der Waals surface area contributed by atoms with Gasteiger partial charge >= 0.3 is 0 Å². The van der Waals surface area contributed by atoms with E-state index in [0.29, 0.717) is 17.4 Å². The molecule has 0 spiro atoms. The van der Waals surface area contributed by atoms with E-state index in [2.05, 4.69) is 35.0 Å². The summed E-state index contributed by atoms with van der Waals surface area (Å²) in [5, 5.41) is 2.80. The van der Waals surface area contributed by atoms with Crippen LogP contribution in [0.2, 0.25) is 5.02 Å². The van der Waals surface area contributed by atoms with Crippen LogP contribution in [0.1, 0.15) is 11.1 Å². The van der Waals surface area contributed by atoms with Crippen molar-refractivity contribution in [3.05, 3.63) is 76.9 Å². The summed E-state index contributed by atoms with van der Waals surface area (Å²) in [6.07, 6.45) is 3.06. The lowest BCUT2D eigenvalue weighted by Crippen LogP contribution is -2.40. The van der Waals surface area contributed by atoms with Crippen molar-refractivity contribution in [1.82, 2.24) is 0 Å². The van der Waals surface area contributed by atoms with Crippen LogP contribution in [-0.2, 0) is 19.6 Å². The molecule has 4 aromatic rings. The van der Waals surface area contributed by atoms with Crippen LogP contribution in [0.3, 0.4) is 0 Å². The molecule has 0 radical (unpaired) electrons. The van der Waals surface area contributed by atoms with Gasteiger partial charge in [0.2, 0.25) is 5.69 Å². The van der Waals surface area contributed by atoms with Crippen LogP contribution in [0.5, 0.6) is 23.0 Å². The minimum absolute atomic E-state index is 0.425. The Balaban J connectivity index is 1.59. The fourth-order valence-electron chi connectivity index (χ4n) is 4.38. The van der Waals surface area contributed by atoms with Crippen molar-refractivity contribution >= 4 is 22.4 Å². The van der Waals surface area contributed by atoms with Gasteiger partial charge < -0.3 is 18.9 Å². The monoisotopic (exact) mass is 462 g/mol. The molecular weight excluding hydrogens is 438 g/mol. The lowest BCUT2D eigenvalue weighted by molar-refractivity contribution is -0.686. The lowest BCUT2D eigenvalue weighted by Gasteiger charge is -2.19. The number of ether oxygens (including phenoxy) is 4. The maximum Gasteiger partial charge on any atom is 0.213 e. The number of benzene rings is 3. The highest BCUT2D eigenvalue weighted by Gasteiger charge is 2.27. The molecule has 0 bridgehead atoms. The van der Waals surface area contributed by atoms with Gasteiger partial charge in [0.05, 0.1) is 32.3 Å². The molecule has 0 unspecified atom stereocenters. The van der Waals surface area contributed by atoms with Gasteiger partial charge in [-0.25, -0.2) is 0 Å². The molecule has 5 rings (SSSR count). The van der Waals surface area contributed by atoms with Gasteiger partial charge in [-0.05, 0) is 52.9 Å². The highest BCUT2D eigenvalue weighted by atomic mass is 35.5. The molecule has 33 heavy (non-hydrogen) atoms. The van der Waals surface area contributed by atoms with E-state index < -0.39 is 0 Å². The van der Waals surface area contributed by atoms with Crippen LogP contribution in [0.25, 0.3) is 22.0 Å². The first-order valence-electron chi connectivity index (χ1n) is 10.8. The number of rotatable bonds is 6. The number of methoxy groups -OCH3 is 3. The SMILES string of the molecule is COc1cc2c(cc1OC)-c1cc3ccc(OC)c(OCc4ccc(Cl)cc4)c3c[n+]1CC2. The third-order valence-electron chi connectivity index (χ3n) is 6.10. The van der Waals surface area contributed by atoms with Crippen LogP contribution in [0, 0.1) is 0 Å². The van der Waals surface area contributed by atoms with Crippen LogP contribution in [0.15, 0.2) is 60.8 Å². The van der Waals surface area contributed by atoms with E-state index in [0.717, 1.165) is 57.8 Å². The highest BCUT2D eigenvalue weighted by molar-refractivity contribution is 6.30. The van der Waals surface area contributed by atoms with Crippen LogP contribution < -0.4 is 23.5 Å². The fourth-order valence-corrected chi connectivity index (χ4v) is 4.51. The second kappa shape index (κ2) is 8.83. The van der Waals surface area contributed by atoms with E-state index in [1.165, 1.54) is 5.56 Å². The molecule has 6 heteroatoms. The Hall–Kier alpha value is -3.44. The van der Waals surface area contributed by atoms with Gasteiger partial charge in [-0.3, -0.25) is 0 Å². The quantitative estimate of drug-likeness (QED) is 0.349. The smallest absolute Gasteiger partial charge is 0.213 e. The standard InChI is InChI=1S/C27H25ClNO4/c1-30-24-9-6-18-12-23-21-14-26(32-3)25(31-2)13-19(21)10-11-29(23)15-22(18)27(24)33-16-17-4-7-20(28)8-5-17/h4-9,12-15H,10-11,16H2,1-3H3/q+1. The van der Waals surface area contributed by atoms with Crippen molar-refractivity contribution in [3.63, 3.8) is 0 Å². The fraction of sp³-hybridized carbons (Fsp3) is 0.222. The van der Waals surface area contributed by atoms with Crippen molar-refractivity contribution in [2.45, 2.75) is 19.6 Å². The van der Waals surface area contributed by atoms with Gasteiger partial charge in [-0.1, -0.05) is 23.7 Å². The Morgan fingerprint density at radius 3 is 2.30 bits per heavy atom. The summed E-state index contributed by atoms with van der Waals surface area (Å²) < 4.78 is 25.2. The summed E-state index contributed by atoms with van der Waals surface area (Å²) in [5.41, 5.74) is 4.58. The summed E-state index contributed by atoms with van der Waals surface area (Å²) in [7, 11) is 5.00. The van der Waals surface area contributed by atoms with Crippen LogP contribution in [0.4, 0.5) is 0 Å². The molecule has 0 amide bonds. The Bertz CT molecular complexity index is 1330. The molecule has 1 aliphatic heterocycles. The van der Waals surface area contributed by atoms with Crippen molar-refractivity contribution < 1.29 is 23.5 Å². The number of halogens is 1. The minimum atomic E-state index is 0.425. The van der Waals surface area contributed by atoms with Crippen molar-refractivity contribution in [1.29, 1.82) is 0 Å². The van der Waals surface area contributed by atoms with Gasteiger partial charge in [0.15, 0.2) is 35.7 Å². The largest absolute Gasteiger partial charge is 0.493 e. The molecule has 3 aromatic carbocycles. The number of fused-ring (bicyclic) bond motifs is 4. The Morgan fingerprint density at radius 1 is 0.848 bits per heavy atom. The highest BCUT2D eigenvalue weighted by Crippen LogP contribution is 2.40. The second-order valence-corrected chi connectivity index (χ2v) is 8.42. The van der Waals surface area contributed by atoms with E-state index in [1.54, 1.807) is 21.3 Å². The maximum absolute atomic E-state index is 6.28. The summed E-state index contributed by atoms with van der Waals surface area (Å²) in [6, 6.07) is 18.0. The Morgan fingerprint density at radius 2 is 1.58 bits per heavy atom. The Labute approximate surface area is 198 Å². The zero-order valence-electron chi connectivity index (χ0n) is 18.9. The summed E-state index contributed by atoms with van der Waals surface area (Å²) in [6.45, 7) is 1.29. The number of nitrogens with zero attached hydrogens (tertiary/aromatic N) is 1. The molecule has 0 atom stereocenters. The molecule has 0 saturated heterocycles. The van der Waals surface area contributed by atoms with Crippen molar-refractivity contribution in [2.24, 2.45) is 0 Å². The average molecular weight is 463 g/mol. The molecule has 0 aliphatic carbocycles. The Kier molecular flexibility index (Phi) is 5.73. The van der Waals surface area contributed by atoms with Gasteiger partial charge in [-0.2, -0.15) is 4.57 Å². The molecule has 0 fully saturated rings. The predicted molar refractivity (Wildman–Crippen MR) is 129 cm³/mol. The average Bonchev–Trinajstić information content (AvgIpc) is 2.86.